The van der Waals surface area contributed by atoms with Gasteiger partial charge in [-0.1, -0.05) is 37.7 Å². The highest BCUT2D eigenvalue weighted by Crippen LogP contribution is 2.36. The van der Waals surface area contributed by atoms with Crippen molar-refractivity contribution >= 4 is 22.6 Å². The molecule has 1 aromatic carbocycles. The molecule has 1 heterocycles. The van der Waals surface area contributed by atoms with E-state index in [9.17, 15) is 0 Å². The minimum Gasteiger partial charge on any atom is -0.492 e. The van der Waals surface area contributed by atoms with E-state index in [4.69, 9.17) is 9.73 Å². The predicted molar refractivity (Wildman–Crippen MR) is 89.0 cm³/mol. The first-order valence-corrected chi connectivity index (χ1v) is 8.37. The van der Waals surface area contributed by atoms with Crippen LogP contribution in [0.25, 0.3) is 0 Å². The lowest BCUT2D eigenvalue weighted by atomic mass is 9.84. The molecule has 0 unspecified atom stereocenters. The average molecular weight is 292 g/mol. The van der Waals surface area contributed by atoms with Gasteiger partial charge in [0.05, 0.1) is 12.3 Å². The van der Waals surface area contributed by atoms with Gasteiger partial charge in [-0.15, -0.1) is 0 Å². The van der Waals surface area contributed by atoms with Gasteiger partial charge in [-0.25, -0.2) is 0 Å². The second-order valence-electron chi connectivity index (χ2n) is 5.17. The number of para-hydroxylation sites is 2. The van der Waals surface area contributed by atoms with Gasteiger partial charge < -0.3 is 10.1 Å². The molecule has 1 N–H and O–H groups in total. The molecule has 1 aliphatic rings. The number of hydrogen-bond donors (Lipinski definition) is 1. The van der Waals surface area contributed by atoms with Gasteiger partial charge in [0.2, 0.25) is 0 Å². The number of hydrogen-bond acceptors (Lipinski definition) is 4. The Bertz CT molecular complexity index is 469. The molecule has 110 valence electrons. The number of benzene rings is 1. The fraction of sp³-hybridized carbons (Fsp3) is 0.562. The molecule has 0 saturated heterocycles. The standard InChI is InChI=1S/C16H24N2OS/c1-4-16(5-2)11-17-15(20-12-16)18-13-9-7-8-10-14(13)19-6-3/h7-10H,4-6,11-12H2,1-3H3,(H,17,18). The van der Waals surface area contributed by atoms with E-state index < -0.39 is 0 Å². The first-order chi connectivity index (χ1) is 9.73. The fourth-order valence-corrected chi connectivity index (χ4v) is 3.55. The summed E-state index contributed by atoms with van der Waals surface area (Å²) in [7, 11) is 0. The lowest BCUT2D eigenvalue weighted by Gasteiger charge is -2.33. The molecule has 1 aromatic rings. The number of anilines is 1. The molecule has 0 atom stereocenters. The molecule has 0 bridgehead atoms. The molecule has 0 spiro atoms. The van der Waals surface area contributed by atoms with E-state index in [1.54, 1.807) is 0 Å². The predicted octanol–water partition coefficient (Wildman–Crippen LogP) is 4.41. The highest BCUT2D eigenvalue weighted by atomic mass is 32.2. The minimum absolute atomic E-state index is 0.384. The zero-order valence-corrected chi connectivity index (χ0v) is 13.4. The number of rotatable bonds is 5. The summed E-state index contributed by atoms with van der Waals surface area (Å²) in [4.78, 5) is 4.73. The van der Waals surface area contributed by atoms with E-state index in [-0.39, 0.29) is 0 Å². The summed E-state index contributed by atoms with van der Waals surface area (Å²) in [6, 6.07) is 8.03. The lowest BCUT2D eigenvalue weighted by molar-refractivity contribution is 0.318. The zero-order valence-electron chi connectivity index (χ0n) is 12.6. The normalized spacial score (nSPS) is 17.4. The summed E-state index contributed by atoms with van der Waals surface area (Å²) in [5.74, 6) is 2.03. The summed E-state index contributed by atoms with van der Waals surface area (Å²) in [6.45, 7) is 8.13. The van der Waals surface area contributed by atoms with E-state index in [2.05, 4.69) is 19.2 Å². The van der Waals surface area contributed by atoms with Crippen LogP contribution < -0.4 is 10.1 Å². The topological polar surface area (TPSA) is 33.6 Å². The van der Waals surface area contributed by atoms with Crippen molar-refractivity contribution < 1.29 is 4.74 Å². The van der Waals surface area contributed by atoms with Crippen molar-refractivity contribution in [2.45, 2.75) is 33.6 Å². The second-order valence-corrected chi connectivity index (χ2v) is 6.14. The maximum Gasteiger partial charge on any atom is 0.161 e. The van der Waals surface area contributed by atoms with E-state index in [1.165, 1.54) is 12.8 Å². The Balaban J connectivity index is 2.07. The third-order valence-corrected chi connectivity index (χ3v) is 5.26. The highest BCUT2D eigenvalue weighted by Gasteiger charge is 2.30. The number of nitrogens with zero attached hydrogens (tertiary/aromatic N) is 1. The van der Waals surface area contributed by atoms with Crippen molar-refractivity contribution in [1.82, 2.24) is 0 Å². The Kier molecular flexibility index (Phi) is 5.35. The van der Waals surface area contributed by atoms with E-state index in [0.29, 0.717) is 12.0 Å². The monoisotopic (exact) mass is 292 g/mol. The Morgan fingerprint density at radius 3 is 2.60 bits per heavy atom. The molecule has 0 aliphatic carbocycles. The summed E-state index contributed by atoms with van der Waals surface area (Å²) < 4.78 is 5.64. The first-order valence-electron chi connectivity index (χ1n) is 7.39. The molecule has 0 aromatic heterocycles. The van der Waals surface area contributed by atoms with Crippen LogP contribution >= 0.6 is 11.8 Å². The van der Waals surface area contributed by atoms with Crippen LogP contribution in [0.4, 0.5) is 5.69 Å². The van der Waals surface area contributed by atoms with Gasteiger partial charge in [0.15, 0.2) is 5.17 Å². The molecule has 1 aliphatic heterocycles. The quantitative estimate of drug-likeness (QED) is 0.873. The van der Waals surface area contributed by atoms with Gasteiger partial charge in [-0.2, -0.15) is 0 Å². The van der Waals surface area contributed by atoms with Crippen molar-refractivity contribution in [2.24, 2.45) is 10.4 Å². The number of amidine groups is 1. The number of ether oxygens (including phenoxy) is 1. The Morgan fingerprint density at radius 1 is 1.25 bits per heavy atom. The minimum atomic E-state index is 0.384. The zero-order chi connectivity index (χ0) is 14.4. The molecule has 2 rings (SSSR count). The Hall–Kier alpha value is -1.16. The summed E-state index contributed by atoms with van der Waals surface area (Å²) in [6.07, 6.45) is 2.39. The van der Waals surface area contributed by atoms with Gasteiger partial charge in [-0.05, 0) is 37.3 Å². The number of nitrogens with one attached hydrogen (secondary N) is 1. The molecule has 0 saturated carbocycles. The molecule has 0 fully saturated rings. The maximum absolute atomic E-state index is 5.64. The Labute approximate surface area is 126 Å². The summed E-state index contributed by atoms with van der Waals surface area (Å²) in [5.41, 5.74) is 1.39. The molecular formula is C16H24N2OS. The smallest absolute Gasteiger partial charge is 0.161 e. The summed E-state index contributed by atoms with van der Waals surface area (Å²) >= 11 is 1.82. The molecule has 4 heteroatoms. The van der Waals surface area contributed by atoms with Gasteiger partial charge in [-0.3, -0.25) is 4.99 Å². The molecule has 3 nitrogen and oxygen atoms in total. The summed E-state index contributed by atoms with van der Waals surface area (Å²) in [5, 5.41) is 4.42. The lowest BCUT2D eigenvalue weighted by Crippen LogP contribution is -2.32. The third-order valence-electron chi connectivity index (χ3n) is 4.00. The van der Waals surface area contributed by atoms with Gasteiger partial charge in [0, 0.05) is 12.3 Å². The van der Waals surface area contributed by atoms with Crippen LogP contribution in [-0.4, -0.2) is 24.1 Å². The Morgan fingerprint density at radius 2 is 2.00 bits per heavy atom. The van der Waals surface area contributed by atoms with Crippen LogP contribution in [0.15, 0.2) is 29.3 Å². The largest absolute Gasteiger partial charge is 0.492 e. The van der Waals surface area contributed by atoms with Gasteiger partial charge in [0.1, 0.15) is 5.75 Å². The van der Waals surface area contributed by atoms with Crippen LogP contribution in [0.1, 0.15) is 33.6 Å². The van der Waals surface area contributed by atoms with Crippen molar-refractivity contribution in [3.8, 4) is 5.75 Å². The fourth-order valence-electron chi connectivity index (χ4n) is 2.27. The van der Waals surface area contributed by atoms with E-state index in [1.807, 2.05) is 43.0 Å². The van der Waals surface area contributed by atoms with E-state index >= 15 is 0 Å². The van der Waals surface area contributed by atoms with Crippen molar-refractivity contribution in [1.29, 1.82) is 0 Å². The molecular weight excluding hydrogens is 268 g/mol. The average Bonchev–Trinajstić information content (AvgIpc) is 2.51. The van der Waals surface area contributed by atoms with Crippen LogP contribution in [0.2, 0.25) is 0 Å². The van der Waals surface area contributed by atoms with Crippen LogP contribution in [-0.2, 0) is 0 Å². The van der Waals surface area contributed by atoms with Gasteiger partial charge >= 0.3 is 0 Å². The van der Waals surface area contributed by atoms with Crippen molar-refractivity contribution in [3.05, 3.63) is 24.3 Å². The first kappa shape index (κ1) is 15.2. The molecule has 20 heavy (non-hydrogen) atoms. The third kappa shape index (κ3) is 3.48. The molecule has 0 amide bonds. The van der Waals surface area contributed by atoms with Crippen LogP contribution in [0.3, 0.4) is 0 Å². The molecule has 0 radical (unpaired) electrons. The van der Waals surface area contributed by atoms with E-state index in [0.717, 1.165) is 28.9 Å². The number of aliphatic imine (C=N–C) groups is 1. The maximum atomic E-state index is 5.64. The van der Waals surface area contributed by atoms with Gasteiger partial charge in [0.25, 0.3) is 0 Å². The van der Waals surface area contributed by atoms with Crippen LogP contribution in [0.5, 0.6) is 5.75 Å². The number of thioether (sulfide) groups is 1. The SMILES string of the molecule is CCOc1ccccc1NC1=NCC(CC)(CC)CS1. The van der Waals surface area contributed by atoms with Crippen molar-refractivity contribution in [2.75, 3.05) is 24.2 Å². The second kappa shape index (κ2) is 7.02. The van der Waals surface area contributed by atoms with Crippen molar-refractivity contribution in [3.63, 3.8) is 0 Å². The van der Waals surface area contributed by atoms with Crippen LogP contribution in [0, 0.1) is 5.41 Å². The highest BCUT2D eigenvalue weighted by molar-refractivity contribution is 8.14.